The number of nitrogens with zero attached hydrogens (tertiary/aromatic N) is 4. The number of ether oxygens (including phenoxy) is 1. The second kappa shape index (κ2) is 4.92. The van der Waals surface area contributed by atoms with E-state index in [4.69, 9.17) is 15.7 Å². The van der Waals surface area contributed by atoms with Gasteiger partial charge in [-0.3, -0.25) is 9.82 Å². The second-order valence-electron chi connectivity index (χ2n) is 4.43. The quantitative estimate of drug-likeness (QED) is 0.390. The maximum absolute atomic E-state index is 10.0. The molecule has 10 nitrogen and oxygen atoms in total. The van der Waals surface area contributed by atoms with E-state index in [0.717, 1.165) is 0 Å². The smallest absolute Gasteiger partial charge is 0.167 e. The van der Waals surface area contributed by atoms with Crippen molar-refractivity contribution in [2.45, 2.75) is 24.5 Å². The van der Waals surface area contributed by atoms with Crippen LogP contribution in [0.15, 0.2) is 12.7 Å². The number of nitrogen functional groups attached to an aromatic ring is 1. The Kier molecular flexibility index (Phi) is 3.23. The lowest BCUT2D eigenvalue weighted by Crippen LogP contribution is -2.33. The summed E-state index contributed by atoms with van der Waals surface area (Å²) in [5, 5.41) is 28.3. The van der Waals surface area contributed by atoms with Crippen LogP contribution in [0, 0.1) is 0 Å². The third-order valence-corrected chi connectivity index (χ3v) is 3.24. The number of nitrogens with two attached hydrogens (primary N) is 1. The fourth-order valence-corrected chi connectivity index (χ4v) is 2.23. The molecule has 1 aliphatic heterocycles. The Bertz CT molecular complexity index is 619. The summed E-state index contributed by atoms with van der Waals surface area (Å²) in [6.45, 7) is -0.265. The van der Waals surface area contributed by atoms with Gasteiger partial charge in [0, 0.05) is 0 Å². The molecule has 3 rings (SSSR count). The van der Waals surface area contributed by atoms with Crippen LogP contribution in [0.1, 0.15) is 6.23 Å². The Hall–Kier alpha value is -1.85. The van der Waals surface area contributed by atoms with Crippen LogP contribution in [0.2, 0.25) is 0 Å². The lowest BCUT2D eigenvalue weighted by molar-refractivity contribution is -0.264. The van der Waals surface area contributed by atoms with Crippen LogP contribution >= 0.6 is 0 Å². The summed E-state index contributed by atoms with van der Waals surface area (Å²) in [6.07, 6.45) is -1.55. The van der Waals surface area contributed by atoms with Crippen LogP contribution in [0.3, 0.4) is 0 Å². The van der Waals surface area contributed by atoms with E-state index in [1.807, 2.05) is 0 Å². The number of rotatable bonds is 3. The van der Waals surface area contributed by atoms with E-state index in [-0.39, 0.29) is 12.4 Å². The lowest BCUT2D eigenvalue weighted by atomic mass is 10.1. The van der Waals surface area contributed by atoms with Crippen molar-refractivity contribution in [3.63, 3.8) is 0 Å². The van der Waals surface area contributed by atoms with Gasteiger partial charge in [0.25, 0.3) is 0 Å². The summed E-state index contributed by atoms with van der Waals surface area (Å²) in [6, 6.07) is 0. The average Bonchev–Trinajstić information content (AvgIpc) is 2.97. The zero-order valence-corrected chi connectivity index (χ0v) is 10.2. The summed E-state index contributed by atoms with van der Waals surface area (Å²) in [7, 11) is 0. The second-order valence-corrected chi connectivity index (χ2v) is 4.43. The Labute approximate surface area is 112 Å². The molecule has 0 aromatic carbocycles. The molecule has 1 saturated heterocycles. The minimum Gasteiger partial charge on any atom is -0.387 e. The lowest BCUT2D eigenvalue weighted by Gasteiger charge is -2.16. The van der Waals surface area contributed by atoms with E-state index >= 15 is 0 Å². The molecule has 1 fully saturated rings. The largest absolute Gasteiger partial charge is 0.387 e. The van der Waals surface area contributed by atoms with Crippen molar-refractivity contribution in [2.24, 2.45) is 0 Å². The SMILES string of the molecule is Nc1ncnc2c1ncn2C1OC(COO)C(O)C1O. The highest BCUT2D eigenvalue weighted by Gasteiger charge is 2.44. The highest BCUT2D eigenvalue weighted by molar-refractivity contribution is 5.81. The van der Waals surface area contributed by atoms with Gasteiger partial charge in [-0.15, -0.1) is 0 Å². The number of imidazole rings is 1. The van der Waals surface area contributed by atoms with Crippen LogP contribution in [0.5, 0.6) is 0 Å². The number of aliphatic hydroxyl groups is 2. The maximum atomic E-state index is 10.0. The normalized spacial score (nSPS) is 30.1. The van der Waals surface area contributed by atoms with E-state index in [1.54, 1.807) is 0 Å². The van der Waals surface area contributed by atoms with Gasteiger partial charge in [0.1, 0.15) is 36.8 Å². The van der Waals surface area contributed by atoms with Gasteiger partial charge in [-0.1, -0.05) is 0 Å². The molecule has 4 atom stereocenters. The number of aromatic nitrogens is 4. The first-order valence-electron chi connectivity index (χ1n) is 5.84. The van der Waals surface area contributed by atoms with Crippen molar-refractivity contribution in [3.8, 4) is 0 Å². The molecule has 2 aromatic heterocycles. The predicted molar refractivity (Wildman–Crippen MR) is 64.2 cm³/mol. The minimum absolute atomic E-state index is 0.206. The Morgan fingerprint density at radius 3 is 2.85 bits per heavy atom. The van der Waals surface area contributed by atoms with Gasteiger partial charge in [-0.25, -0.2) is 19.8 Å². The fraction of sp³-hybridized carbons (Fsp3) is 0.500. The molecular formula is C10H13N5O5. The third-order valence-electron chi connectivity index (χ3n) is 3.24. The van der Waals surface area contributed by atoms with E-state index in [1.165, 1.54) is 17.2 Å². The van der Waals surface area contributed by atoms with Crippen LogP contribution in [-0.4, -0.2) is 59.9 Å². The molecule has 3 heterocycles. The molecule has 108 valence electrons. The van der Waals surface area contributed by atoms with Crippen molar-refractivity contribution < 1.29 is 25.1 Å². The average molecular weight is 283 g/mol. The highest BCUT2D eigenvalue weighted by Crippen LogP contribution is 2.31. The van der Waals surface area contributed by atoms with Crippen molar-refractivity contribution in [2.75, 3.05) is 12.3 Å². The van der Waals surface area contributed by atoms with E-state index in [9.17, 15) is 10.2 Å². The summed E-state index contributed by atoms with van der Waals surface area (Å²) < 4.78 is 6.90. The van der Waals surface area contributed by atoms with Crippen LogP contribution in [-0.2, 0) is 9.62 Å². The number of hydrogen-bond donors (Lipinski definition) is 4. The highest BCUT2D eigenvalue weighted by atomic mass is 17.1. The molecule has 0 amide bonds. The predicted octanol–water partition coefficient (Wildman–Crippen LogP) is -1.48. The minimum atomic E-state index is -1.22. The molecule has 0 saturated carbocycles. The fourth-order valence-electron chi connectivity index (χ4n) is 2.23. The van der Waals surface area contributed by atoms with Gasteiger partial charge in [0.05, 0.1) is 6.33 Å². The Morgan fingerprint density at radius 2 is 2.10 bits per heavy atom. The van der Waals surface area contributed by atoms with Gasteiger partial charge < -0.3 is 20.7 Å². The van der Waals surface area contributed by atoms with Crippen molar-refractivity contribution >= 4 is 17.0 Å². The monoisotopic (exact) mass is 283 g/mol. The molecule has 0 radical (unpaired) electrons. The Balaban J connectivity index is 1.97. The number of hydrogen-bond acceptors (Lipinski definition) is 9. The number of fused-ring (bicyclic) bond motifs is 1. The van der Waals surface area contributed by atoms with Crippen molar-refractivity contribution in [1.82, 2.24) is 19.5 Å². The molecule has 0 bridgehead atoms. The van der Waals surface area contributed by atoms with Crippen molar-refractivity contribution in [3.05, 3.63) is 12.7 Å². The van der Waals surface area contributed by atoms with Crippen LogP contribution in [0.25, 0.3) is 11.2 Å². The van der Waals surface area contributed by atoms with Gasteiger partial charge in [-0.05, 0) is 0 Å². The first-order valence-corrected chi connectivity index (χ1v) is 5.84. The molecule has 1 aliphatic rings. The number of aliphatic hydroxyl groups excluding tert-OH is 2. The van der Waals surface area contributed by atoms with E-state index < -0.39 is 24.5 Å². The zero-order valence-electron chi connectivity index (χ0n) is 10.2. The van der Waals surface area contributed by atoms with E-state index in [2.05, 4.69) is 19.8 Å². The molecule has 4 unspecified atom stereocenters. The summed E-state index contributed by atoms with van der Waals surface area (Å²) in [5.41, 5.74) is 6.42. The summed E-state index contributed by atoms with van der Waals surface area (Å²) in [4.78, 5) is 15.8. The molecule has 5 N–H and O–H groups in total. The van der Waals surface area contributed by atoms with E-state index in [0.29, 0.717) is 11.2 Å². The molecule has 2 aromatic rings. The van der Waals surface area contributed by atoms with Gasteiger partial charge in [0.15, 0.2) is 17.7 Å². The molecular weight excluding hydrogens is 270 g/mol. The van der Waals surface area contributed by atoms with Crippen LogP contribution < -0.4 is 5.73 Å². The van der Waals surface area contributed by atoms with Crippen molar-refractivity contribution in [1.29, 1.82) is 0 Å². The van der Waals surface area contributed by atoms with Crippen LogP contribution in [0.4, 0.5) is 5.82 Å². The Morgan fingerprint density at radius 1 is 1.30 bits per heavy atom. The first kappa shape index (κ1) is 13.1. The van der Waals surface area contributed by atoms with Gasteiger partial charge in [-0.2, -0.15) is 0 Å². The summed E-state index contributed by atoms with van der Waals surface area (Å²) >= 11 is 0. The standard InChI is InChI=1S/C10H13N5O5/c11-8-5-9(13-2-12-8)15(3-14-5)10-7(17)6(16)4(20-10)1-19-18/h2-4,6-7,10,16-18H,1H2,(H2,11,12,13). The van der Waals surface area contributed by atoms with Gasteiger partial charge in [0.2, 0.25) is 0 Å². The molecule has 10 heteroatoms. The topological polar surface area (TPSA) is 149 Å². The molecule has 0 spiro atoms. The maximum Gasteiger partial charge on any atom is 0.167 e. The zero-order chi connectivity index (χ0) is 14.3. The number of anilines is 1. The molecule has 0 aliphatic carbocycles. The molecule has 20 heavy (non-hydrogen) atoms. The third kappa shape index (κ3) is 1.90. The van der Waals surface area contributed by atoms with Gasteiger partial charge >= 0.3 is 0 Å². The summed E-state index contributed by atoms with van der Waals surface area (Å²) in [5.74, 6) is 0.206. The first-order chi connectivity index (χ1) is 9.63.